The van der Waals surface area contributed by atoms with Crippen LogP contribution in [0.5, 0.6) is 0 Å². The van der Waals surface area contributed by atoms with E-state index in [-0.39, 0.29) is 31.1 Å². The lowest BCUT2D eigenvalue weighted by molar-refractivity contribution is -0.143. The summed E-state index contributed by atoms with van der Waals surface area (Å²) in [7, 11) is 0. The molecule has 0 aromatic heterocycles. The molecule has 0 aromatic rings. The van der Waals surface area contributed by atoms with Crippen LogP contribution in [-0.4, -0.2) is 194 Å². The van der Waals surface area contributed by atoms with E-state index >= 15 is 0 Å². The monoisotopic (exact) mass is 1010 g/mol. The summed E-state index contributed by atoms with van der Waals surface area (Å²) in [6.07, 6.45) is -2.69. The van der Waals surface area contributed by atoms with Crippen molar-refractivity contribution in [2.24, 2.45) is 17.6 Å². The number of carbonyl (C=O) groups is 11. The highest BCUT2D eigenvalue weighted by atomic mass is 32.2. The van der Waals surface area contributed by atoms with Crippen molar-refractivity contribution in [3.05, 3.63) is 0 Å². The number of carboxylic acid groups (broad SMARTS) is 2. The van der Waals surface area contributed by atoms with Crippen molar-refractivity contribution in [1.82, 2.24) is 47.9 Å². The molecule has 0 heterocycles. The molecule has 27 nitrogen and oxygen atoms in total. The second-order valence-electron chi connectivity index (χ2n) is 17.0. The number of nitrogens with one attached hydrogen (secondary N) is 9. The topological polar surface area (TPSA) is 443 Å². The van der Waals surface area contributed by atoms with Gasteiger partial charge >= 0.3 is 11.9 Å². The first kappa shape index (κ1) is 63.3. The molecule has 0 saturated carbocycles. The standard InChI is InChI=1S/C41H72N10O17S/c1-18(2)13-26(37(63)49-28(17-53)38(64)44-20(5)33(59)46-24(9-10-30(57)58)35(61)48-27(41(67)68)14-19(3)4)47-39(65)31(21(6)54)51-40(66)32(22(7)55)50-36(62)25(11-12-69-8)45-29(56)15-43-34(60)23(42)16-52/h18-28,31-32,52-55H,9-17,42H2,1-8H3,(H,43,60)(H,44,64)(H,45,56)(H,46,59)(H,47,65)(H,48,61)(H,49,63)(H,50,62)(H,51,66)(H,57,58)(H,67,68)/t20-,21+,22+,23-,24-,25-,26-,27-,28-,31-,32-/m0/s1. The molecule has 9 amide bonds. The van der Waals surface area contributed by atoms with Gasteiger partial charge in [-0.3, -0.25) is 47.9 Å². The molecule has 0 spiro atoms. The van der Waals surface area contributed by atoms with Crippen LogP contribution in [0.3, 0.4) is 0 Å². The van der Waals surface area contributed by atoms with Gasteiger partial charge in [0.2, 0.25) is 53.2 Å². The molecule has 11 atom stereocenters. The van der Waals surface area contributed by atoms with Gasteiger partial charge < -0.3 is 84.2 Å². The summed E-state index contributed by atoms with van der Waals surface area (Å²) in [4.78, 5) is 141. The molecule has 28 heteroatoms. The number of nitrogens with two attached hydrogens (primary N) is 1. The summed E-state index contributed by atoms with van der Waals surface area (Å²) >= 11 is 1.31. The second-order valence-corrected chi connectivity index (χ2v) is 18.0. The Labute approximate surface area is 403 Å². The van der Waals surface area contributed by atoms with Gasteiger partial charge in [-0.1, -0.05) is 27.7 Å². The predicted octanol–water partition coefficient (Wildman–Crippen LogP) is -6.13. The van der Waals surface area contributed by atoms with Crippen LogP contribution in [0.25, 0.3) is 0 Å². The smallest absolute Gasteiger partial charge is 0.326 e. The zero-order chi connectivity index (χ0) is 53.3. The summed E-state index contributed by atoms with van der Waals surface area (Å²) in [5.74, 6) is -12.0. The fourth-order valence-electron chi connectivity index (χ4n) is 6.05. The molecule has 0 saturated heterocycles. The summed E-state index contributed by atoms with van der Waals surface area (Å²) in [5, 5.41) is 79.5. The Kier molecular flexibility index (Phi) is 29.5. The number of carbonyl (C=O) groups excluding carboxylic acids is 9. The first-order valence-electron chi connectivity index (χ1n) is 22.1. The van der Waals surface area contributed by atoms with Gasteiger partial charge in [-0.2, -0.15) is 11.8 Å². The number of aliphatic hydroxyl groups excluding tert-OH is 4. The number of rotatable bonds is 33. The summed E-state index contributed by atoms with van der Waals surface area (Å²) < 4.78 is 0. The maximum Gasteiger partial charge on any atom is 0.326 e. The molecular weight excluding hydrogens is 937 g/mol. The summed E-state index contributed by atoms with van der Waals surface area (Å²) in [6.45, 7) is 7.81. The molecular formula is C41H72N10O17S. The highest BCUT2D eigenvalue weighted by Gasteiger charge is 2.37. The SMILES string of the molecule is CSCC[C@H](NC(=O)CNC(=O)[C@@H](N)CO)C(=O)N[C@H](C(=O)N[C@H](C(=O)N[C@@H](CC(C)C)C(=O)N[C@@H](CO)C(=O)N[C@@H](C)C(=O)N[C@@H](CCC(=O)O)C(=O)N[C@@H](CC(C)C)C(=O)O)[C@@H](C)O)[C@@H](C)O. The van der Waals surface area contributed by atoms with E-state index in [0.29, 0.717) is 5.75 Å². The van der Waals surface area contributed by atoms with Gasteiger partial charge in [0, 0.05) is 6.42 Å². The van der Waals surface area contributed by atoms with Crippen LogP contribution in [0.4, 0.5) is 0 Å². The fourth-order valence-corrected chi connectivity index (χ4v) is 6.52. The molecule has 0 unspecified atom stereocenters. The third-order valence-electron chi connectivity index (χ3n) is 9.85. The van der Waals surface area contributed by atoms with Crippen molar-refractivity contribution in [2.45, 2.75) is 147 Å². The Balaban J connectivity index is 6.08. The highest BCUT2D eigenvalue weighted by molar-refractivity contribution is 7.98. The van der Waals surface area contributed by atoms with Crippen LogP contribution in [-0.2, 0) is 52.7 Å². The minimum absolute atomic E-state index is 0.0213. The van der Waals surface area contributed by atoms with Gasteiger partial charge in [-0.25, -0.2) is 4.79 Å². The minimum Gasteiger partial charge on any atom is -0.481 e. The van der Waals surface area contributed by atoms with E-state index in [4.69, 9.17) is 10.8 Å². The number of carboxylic acids is 2. The average Bonchev–Trinajstić information content (AvgIpc) is 3.26. The first-order valence-corrected chi connectivity index (χ1v) is 23.5. The van der Waals surface area contributed by atoms with Gasteiger partial charge in [0.1, 0.15) is 54.4 Å². The number of aliphatic carboxylic acids is 2. The van der Waals surface area contributed by atoms with Crippen LogP contribution < -0.4 is 53.6 Å². The van der Waals surface area contributed by atoms with E-state index in [1.807, 2.05) is 0 Å². The average molecular weight is 1010 g/mol. The zero-order valence-corrected chi connectivity index (χ0v) is 40.8. The lowest BCUT2D eigenvalue weighted by atomic mass is 10.0. The van der Waals surface area contributed by atoms with Crippen molar-refractivity contribution < 1.29 is 83.4 Å². The molecule has 0 rings (SSSR count). The van der Waals surface area contributed by atoms with Crippen LogP contribution in [0, 0.1) is 11.8 Å². The normalized spacial score (nSPS) is 16.0. The largest absolute Gasteiger partial charge is 0.481 e. The Morgan fingerprint density at radius 3 is 1.42 bits per heavy atom. The Bertz CT molecular complexity index is 1770. The molecule has 394 valence electrons. The summed E-state index contributed by atoms with van der Waals surface area (Å²) in [6, 6.07) is -13.8. The molecule has 0 aromatic carbocycles. The Morgan fingerprint density at radius 1 is 0.507 bits per heavy atom. The van der Waals surface area contributed by atoms with Crippen LogP contribution in [0.1, 0.15) is 80.6 Å². The lowest BCUT2D eigenvalue weighted by Crippen LogP contribution is -2.63. The molecule has 0 aliphatic heterocycles. The predicted molar refractivity (Wildman–Crippen MR) is 246 cm³/mol. The quantitative estimate of drug-likeness (QED) is 0.0291. The highest BCUT2D eigenvalue weighted by Crippen LogP contribution is 2.10. The van der Waals surface area contributed by atoms with E-state index in [2.05, 4.69) is 47.9 Å². The molecule has 0 bridgehead atoms. The second kappa shape index (κ2) is 32.2. The van der Waals surface area contributed by atoms with Crippen LogP contribution in [0.15, 0.2) is 0 Å². The van der Waals surface area contributed by atoms with E-state index < -0.39 is 164 Å². The van der Waals surface area contributed by atoms with E-state index in [0.717, 1.165) is 13.8 Å². The van der Waals surface area contributed by atoms with Gasteiger partial charge in [0.25, 0.3) is 0 Å². The minimum atomic E-state index is -1.83. The van der Waals surface area contributed by atoms with Crippen molar-refractivity contribution in [3.8, 4) is 0 Å². The third kappa shape index (κ3) is 24.4. The molecule has 69 heavy (non-hydrogen) atoms. The molecule has 0 fully saturated rings. The van der Waals surface area contributed by atoms with Crippen molar-refractivity contribution in [2.75, 3.05) is 31.8 Å². The molecule has 0 aliphatic carbocycles. The van der Waals surface area contributed by atoms with Gasteiger partial charge in [0.15, 0.2) is 0 Å². The van der Waals surface area contributed by atoms with Crippen molar-refractivity contribution in [3.63, 3.8) is 0 Å². The number of hydrogen-bond acceptors (Lipinski definition) is 17. The summed E-state index contributed by atoms with van der Waals surface area (Å²) in [5.41, 5.74) is 5.42. The van der Waals surface area contributed by atoms with E-state index in [9.17, 15) is 78.3 Å². The van der Waals surface area contributed by atoms with E-state index in [1.165, 1.54) is 18.7 Å². The van der Waals surface area contributed by atoms with Gasteiger partial charge in [0.05, 0.1) is 32.0 Å². The van der Waals surface area contributed by atoms with Crippen molar-refractivity contribution in [1.29, 1.82) is 0 Å². The maximum atomic E-state index is 13.6. The Hall–Kier alpha value is -5.68. The van der Waals surface area contributed by atoms with Crippen LogP contribution >= 0.6 is 11.8 Å². The number of hydrogen-bond donors (Lipinski definition) is 16. The van der Waals surface area contributed by atoms with Gasteiger partial charge in [-0.05, 0) is 70.3 Å². The molecule has 0 aliphatic rings. The number of thioether (sulfide) groups is 1. The number of aliphatic hydroxyl groups is 4. The van der Waals surface area contributed by atoms with Crippen molar-refractivity contribution >= 4 is 76.9 Å². The third-order valence-corrected chi connectivity index (χ3v) is 10.5. The molecule has 17 N–H and O–H groups in total. The molecule has 0 radical (unpaired) electrons. The fraction of sp³-hybridized carbons (Fsp3) is 0.732. The Morgan fingerprint density at radius 2 is 0.942 bits per heavy atom. The maximum absolute atomic E-state index is 13.6. The van der Waals surface area contributed by atoms with Crippen LogP contribution in [0.2, 0.25) is 0 Å². The van der Waals surface area contributed by atoms with E-state index in [1.54, 1.807) is 34.0 Å². The van der Waals surface area contributed by atoms with Gasteiger partial charge in [-0.15, -0.1) is 0 Å². The lowest BCUT2D eigenvalue weighted by Gasteiger charge is -2.29. The zero-order valence-electron chi connectivity index (χ0n) is 40.0. The first-order chi connectivity index (χ1) is 32.1. The number of amides is 9.